The Morgan fingerprint density at radius 1 is 0.774 bits per heavy atom. The van der Waals surface area contributed by atoms with Crippen LogP contribution in [0.25, 0.3) is 11.1 Å². The summed E-state index contributed by atoms with van der Waals surface area (Å²) in [5, 5.41) is 16.5. The van der Waals surface area contributed by atoms with Crippen LogP contribution in [0.4, 0.5) is 0 Å². The fraction of sp³-hybridized carbons (Fsp3) is 0.550. The van der Waals surface area contributed by atoms with Crippen molar-refractivity contribution >= 4 is 46.5 Å². The van der Waals surface area contributed by atoms with Gasteiger partial charge in [-0.05, 0) is 75.4 Å². The number of halogens is 1. The topological polar surface area (TPSA) is 211 Å². The number of nitrogens with two attached hydrogens (primary N) is 2. The average molecular weight is 755 g/mol. The zero-order valence-electron chi connectivity index (χ0n) is 31.1. The highest BCUT2D eigenvalue weighted by atomic mass is 35.5. The molecule has 53 heavy (non-hydrogen) atoms. The van der Waals surface area contributed by atoms with E-state index in [9.17, 15) is 33.9 Å². The zero-order chi connectivity index (χ0) is 39.2. The minimum Gasteiger partial charge on any atom is -0.391 e. The summed E-state index contributed by atoms with van der Waals surface area (Å²) in [6.45, 7) is 6.99. The van der Waals surface area contributed by atoms with Crippen LogP contribution in [0, 0.1) is 17.8 Å². The maximum Gasteiger partial charge on any atom is 0.224 e. The Bertz CT molecular complexity index is 1570. The molecule has 0 radical (unpaired) electrons. The second-order valence-electron chi connectivity index (χ2n) is 14.1. The average Bonchev–Trinajstić information content (AvgIpc) is 3.93. The third-order valence-electron chi connectivity index (χ3n) is 9.69. The molecule has 12 nitrogen and oxygen atoms in total. The van der Waals surface area contributed by atoms with Gasteiger partial charge in [0.2, 0.25) is 11.8 Å². The predicted molar refractivity (Wildman–Crippen MR) is 203 cm³/mol. The van der Waals surface area contributed by atoms with Gasteiger partial charge in [0.05, 0.1) is 18.2 Å². The third kappa shape index (κ3) is 13.2. The molecule has 2 amide bonds. The van der Waals surface area contributed by atoms with Crippen LogP contribution < -0.4 is 22.1 Å². The van der Waals surface area contributed by atoms with Crippen molar-refractivity contribution < 1.29 is 38.6 Å². The molecule has 0 spiro atoms. The third-order valence-corrected chi connectivity index (χ3v) is 9.95. The highest BCUT2D eigenvalue weighted by molar-refractivity contribution is 6.30. The van der Waals surface area contributed by atoms with Gasteiger partial charge < -0.3 is 31.9 Å². The summed E-state index contributed by atoms with van der Waals surface area (Å²) in [6, 6.07) is 12.0. The highest BCUT2D eigenvalue weighted by Gasteiger charge is 2.45. The lowest BCUT2D eigenvalue weighted by atomic mass is 9.91. The molecule has 3 rings (SSSR count). The molecule has 1 aliphatic rings. The predicted octanol–water partition coefficient (Wildman–Crippen LogP) is 3.96. The summed E-state index contributed by atoms with van der Waals surface area (Å²) in [4.78, 5) is 79.3. The van der Waals surface area contributed by atoms with E-state index < -0.39 is 59.6 Å². The molecule has 1 heterocycles. The van der Waals surface area contributed by atoms with Crippen molar-refractivity contribution in [3.05, 3.63) is 59.1 Å². The van der Waals surface area contributed by atoms with Gasteiger partial charge in [-0.15, -0.1) is 0 Å². The summed E-state index contributed by atoms with van der Waals surface area (Å²) in [5.41, 5.74) is 13.6. The van der Waals surface area contributed by atoms with Crippen molar-refractivity contribution in [3.8, 4) is 11.1 Å². The lowest BCUT2D eigenvalue weighted by Crippen LogP contribution is -2.51. The summed E-state index contributed by atoms with van der Waals surface area (Å²) >= 11 is 5.98. The SMILES string of the molecule is CCC1OC1C(=O)[C@H](C)CC(=O)[C@H](CCCCN)NC(=O)[C@H](C)CC(=O)[C@@H](NC(=O)[C@H](CCN)CC(=O)c1ccc(-c2ccc(Cl)cc2)cc1)[C@@H](C)O. The van der Waals surface area contributed by atoms with E-state index in [1.54, 1.807) is 43.3 Å². The van der Waals surface area contributed by atoms with E-state index in [1.165, 1.54) is 13.8 Å². The second kappa shape index (κ2) is 21.2. The number of carbonyl (C=O) groups is 6. The Morgan fingerprint density at radius 2 is 1.38 bits per heavy atom. The van der Waals surface area contributed by atoms with Gasteiger partial charge in [0.25, 0.3) is 0 Å². The van der Waals surface area contributed by atoms with E-state index >= 15 is 0 Å². The summed E-state index contributed by atoms with van der Waals surface area (Å²) in [7, 11) is 0. The zero-order valence-corrected chi connectivity index (χ0v) is 31.9. The van der Waals surface area contributed by atoms with Gasteiger partial charge >= 0.3 is 0 Å². The van der Waals surface area contributed by atoms with Crippen molar-refractivity contribution in [2.75, 3.05) is 13.1 Å². The number of nitrogens with one attached hydrogen (secondary N) is 2. The van der Waals surface area contributed by atoms with Crippen LogP contribution in [-0.4, -0.2) is 83.5 Å². The fourth-order valence-corrected chi connectivity index (χ4v) is 6.40. The van der Waals surface area contributed by atoms with Crippen LogP contribution >= 0.6 is 11.6 Å². The number of aliphatic hydroxyl groups is 1. The molecule has 1 fully saturated rings. The van der Waals surface area contributed by atoms with Crippen LogP contribution in [0.15, 0.2) is 48.5 Å². The first kappa shape index (κ1) is 43.6. The number of carbonyl (C=O) groups excluding carboxylic acids is 6. The first-order valence-corrected chi connectivity index (χ1v) is 18.9. The molecule has 2 aromatic carbocycles. The highest BCUT2D eigenvalue weighted by Crippen LogP contribution is 2.29. The van der Waals surface area contributed by atoms with Gasteiger partial charge in [-0.25, -0.2) is 0 Å². The Morgan fingerprint density at radius 3 is 1.92 bits per heavy atom. The minimum absolute atomic E-state index is 0.0622. The molecule has 290 valence electrons. The number of ketones is 4. The molecule has 1 saturated heterocycles. The van der Waals surface area contributed by atoms with Crippen LogP contribution in [0.3, 0.4) is 0 Å². The number of hydrogen-bond acceptors (Lipinski definition) is 10. The van der Waals surface area contributed by atoms with Crippen molar-refractivity contribution in [1.29, 1.82) is 0 Å². The molecule has 0 aromatic heterocycles. The Balaban J connectivity index is 1.61. The number of unbranched alkanes of at least 4 members (excludes halogenated alkanes) is 1. The molecule has 1 aliphatic heterocycles. The van der Waals surface area contributed by atoms with Crippen LogP contribution in [0.2, 0.25) is 5.02 Å². The van der Waals surface area contributed by atoms with E-state index in [-0.39, 0.29) is 55.7 Å². The van der Waals surface area contributed by atoms with Gasteiger partial charge in [-0.3, -0.25) is 28.8 Å². The smallest absolute Gasteiger partial charge is 0.224 e. The number of rotatable bonds is 24. The lowest BCUT2D eigenvalue weighted by molar-refractivity contribution is -0.135. The molecular formula is C40H55ClN4O8. The maximum absolute atomic E-state index is 13.4. The summed E-state index contributed by atoms with van der Waals surface area (Å²) < 4.78 is 5.40. The van der Waals surface area contributed by atoms with Gasteiger partial charge in [-0.1, -0.05) is 68.8 Å². The van der Waals surface area contributed by atoms with E-state index in [2.05, 4.69) is 10.6 Å². The number of amides is 2. The summed E-state index contributed by atoms with van der Waals surface area (Å²) in [5.74, 6) is -4.83. The van der Waals surface area contributed by atoms with Crippen LogP contribution in [0.1, 0.15) is 89.4 Å². The standard InChI is InChI=1S/C40H55ClN4O8/c1-5-35-38(53-35)37(50)23(2)20-33(48)31(8-6-7-18-42)44-39(51)24(3)21-34(49)36(25(4)46)45-40(52)29(17-19-43)22-32(47)28-11-9-26(10-12-28)27-13-15-30(41)16-14-27/h9-16,23-25,29,31,35-36,38,46H,5-8,17-22,42-43H2,1-4H3,(H,44,51)(H,45,52)/t23-,24-,25-,29-,31+,35?,36+,38?/m1/s1. The number of ether oxygens (including phenoxy) is 1. The maximum atomic E-state index is 13.4. The quantitative estimate of drug-likeness (QED) is 0.0592. The van der Waals surface area contributed by atoms with E-state index in [1.807, 2.05) is 19.1 Å². The Hall–Kier alpha value is -3.81. The first-order chi connectivity index (χ1) is 25.2. The fourth-order valence-electron chi connectivity index (χ4n) is 6.27. The summed E-state index contributed by atoms with van der Waals surface area (Å²) in [6.07, 6.45) is -0.0743. The molecule has 0 aliphatic carbocycles. The van der Waals surface area contributed by atoms with E-state index in [0.29, 0.717) is 42.8 Å². The number of benzene rings is 2. The van der Waals surface area contributed by atoms with Crippen molar-refractivity contribution in [2.45, 2.75) is 109 Å². The molecular weight excluding hydrogens is 700 g/mol. The minimum atomic E-state index is -1.35. The van der Waals surface area contributed by atoms with Gasteiger partial charge in [0.1, 0.15) is 12.1 Å². The molecule has 8 atom stereocenters. The molecule has 0 saturated carbocycles. The monoisotopic (exact) mass is 754 g/mol. The van der Waals surface area contributed by atoms with Gasteiger partial charge in [0.15, 0.2) is 23.1 Å². The van der Waals surface area contributed by atoms with Crippen molar-refractivity contribution in [2.24, 2.45) is 29.2 Å². The second-order valence-corrected chi connectivity index (χ2v) is 14.5. The lowest BCUT2D eigenvalue weighted by Gasteiger charge is -2.25. The number of Topliss-reactive ketones (excluding diaryl/α,β-unsaturated/α-hetero) is 4. The number of aliphatic hydroxyl groups excluding tert-OH is 1. The van der Waals surface area contributed by atoms with Crippen LogP contribution in [-0.2, 0) is 28.7 Å². The van der Waals surface area contributed by atoms with Crippen molar-refractivity contribution in [3.63, 3.8) is 0 Å². The molecule has 2 aromatic rings. The first-order valence-electron chi connectivity index (χ1n) is 18.5. The largest absolute Gasteiger partial charge is 0.391 e. The molecule has 13 heteroatoms. The molecule has 0 bridgehead atoms. The number of epoxide rings is 1. The Kier molecular flexibility index (Phi) is 17.4. The molecule has 7 N–H and O–H groups in total. The number of hydrogen-bond donors (Lipinski definition) is 5. The van der Waals surface area contributed by atoms with Crippen LogP contribution in [0.5, 0.6) is 0 Å². The van der Waals surface area contributed by atoms with E-state index in [4.69, 9.17) is 27.8 Å². The van der Waals surface area contributed by atoms with Gasteiger partial charge in [0, 0.05) is 47.6 Å². The van der Waals surface area contributed by atoms with Crippen molar-refractivity contribution in [1.82, 2.24) is 10.6 Å². The van der Waals surface area contributed by atoms with Gasteiger partial charge in [-0.2, -0.15) is 0 Å². The van der Waals surface area contributed by atoms with E-state index in [0.717, 1.165) is 11.1 Å². The normalized spacial score (nSPS) is 18.5. The molecule has 2 unspecified atom stereocenters. The Labute approximate surface area is 317 Å².